The van der Waals surface area contributed by atoms with Gasteiger partial charge in [0.05, 0.1) is 15.3 Å². The molecule has 2 rings (SSSR count). The molecule has 2 aromatic rings. The number of hydrogen-bond acceptors (Lipinski definition) is 3. The number of hydrogen-bond donors (Lipinski definition) is 1. The van der Waals surface area contributed by atoms with E-state index < -0.39 is 0 Å². The number of nitrogens with two attached hydrogens (primary N) is 1. The van der Waals surface area contributed by atoms with Crippen molar-refractivity contribution < 1.29 is 4.39 Å². The van der Waals surface area contributed by atoms with Crippen LogP contribution in [0.15, 0.2) is 47.6 Å². The smallest absolute Gasteiger partial charge is 0.123 e. The first-order valence-electron chi connectivity index (χ1n) is 6.39. The SMILES string of the molecule is CCC(N)C(Sc1ccc(Cl)cn1)c1ccc(F)cc1. The van der Waals surface area contributed by atoms with E-state index in [2.05, 4.69) is 4.98 Å². The van der Waals surface area contributed by atoms with Crippen molar-refractivity contribution in [3.63, 3.8) is 0 Å². The summed E-state index contributed by atoms with van der Waals surface area (Å²) < 4.78 is 13.0. The molecule has 0 aliphatic carbocycles. The average Bonchev–Trinajstić information content (AvgIpc) is 2.47. The fourth-order valence-corrected chi connectivity index (χ4v) is 3.12. The van der Waals surface area contributed by atoms with E-state index in [-0.39, 0.29) is 17.1 Å². The molecular formula is C15H16ClFN2S. The normalized spacial score (nSPS) is 14.0. The summed E-state index contributed by atoms with van der Waals surface area (Å²) in [5, 5.41) is 1.49. The van der Waals surface area contributed by atoms with Crippen LogP contribution in [-0.2, 0) is 0 Å². The summed E-state index contributed by atoms with van der Waals surface area (Å²) >= 11 is 7.41. The second kappa shape index (κ2) is 7.07. The van der Waals surface area contributed by atoms with Crippen molar-refractivity contribution in [2.75, 3.05) is 0 Å². The van der Waals surface area contributed by atoms with E-state index >= 15 is 0 Å². The van der Waals surface area contributed by atoms with Crippen LogP contribution in [0.5, 0.6) is 0 Å². The average molecular weight is 311 g/mol. The van der Waals surface area contributed by atoms with E-state index in [1.54, 1.807) is 36.2 Å². The highest BCUT2D eigenvalue weighted by atomic mass is 35.5. The summed E-state index contributed by atoms with van der Waals surface area (Å²) in [7, 11) is 0. The molecule has 1 aromatic heterocycles. The third-order valence-electron chi connectivity index (χ3n) is 3.01. The maximum atomic E-state index is 13.0. The second-order valence-corrected chi connectivity index (χ2v) is 6.08. The first-order chi connectivity index (χ1) is 9.60. The third kappa shape index (κ3) is 3.95. The molecule has 0 radical (unpaired) electrons. The van der Waals surface area contributed by atoms with Crippen LogP contribution in [0.4, 0.5) is 4.39 Å². The van der Waals surface area contributed by atoms with Crippen molar-refractivity contribution in [3.05, 3.63) is 59.0 Å². The number of pyridine rings is 1. The van der Waals surface area contributed by atoms with Crippen molar-refractivity contribution in [2.24, 2.45) is 5.73 Å². The van der Waals surface area contributed by atoms with Crippen molar-refractivity contribution in [1.82, 2.24) is 4.98 Å². The fourth-order valence-electron chi connectivity index (χ4n) is 1.83. The Bertz CT molecular complexity index is 545. The maximum absolute atomic E-state index is 13.0. The van der Waals surface area contributed by atoms with E-state index in [1.807, 2.05) is 13.0 Å². The fraction of sp³-hybridized carbons (Fsp3) is 0.267. The van der Waals surface area contributed by atoms with Gasteiger partial charge in [-0.25, -0.2) is 9.37 Å². The lowest BCUT2D eigenvalue weighted by molar-refractivity contribution is 0.617. The van der Waals surface area contributed by atoms with Crippen LogP contribution in [0, 0.1) is 5.82 Å². The van der Waals surface area contributed by atoms with E-state index in [4.69, 9.17) is 17.3 Å². The lowest BCUT2D eigenvalue weighted by atomic mass is 10.0. The highest BCUT2D eigenvalue weighted by Crippen LogP contribution is 2.37. The predicted molar refractivity (Wildman–Crippen MR) is 82.5 cm³/mol. The zero-order chi connectivity index (χ0) is 14.5. The Morgan fingerprint density at radius 3 is 2.50 bits per heavy atom. The molecule has 106 valence electrons. The van der Waals surface area contributed by atoms with E-state index in [1.165, 1.54) is 12.1 Å². The summed E-state index contributed by atoms with van der Waals surface area (Å²) in [6, 6.07) is 10.1. The van der Waals surface area contributed by atoms with Crippen molar-refractivity contribution >= 4 is 23.4 Å². The Hall–Kier alpha value is -1.10. The van der Waals surface area contributed by atoms with Gasteiger partial charge in [0.2, 0.25) is 0 Å². The largest absolute Gasteiger partial charge is 0.326 e. The van der Waals surface area contributed by atoms with Crippen molar-refractivity contribution in [2.45, 2.75) is 29.7 Å². The Kier molecular flexibility index (Phi) is 5.40. The Morgan fingerprint density at radius 1 is 1.25 bits per heavy atom. The van der Waals surface area contributed by atoms with Crippen LogP contribution >= 0.6 is 23.4 Å². The van der Waals surface area contributed by atoms with Crippen molar-refractivity contribution in [3.8, 4) is 0 Å². The van der Waals surface area contributed by atoms with Gasteiger partial charge in [0, 0.05) is 12.2 Å². The predicted octanol–water partition coefficient (Wildman–Crippen LogP) is 4.44. The third-order valence-corrected chi connectivity index (χ3v) is 4.59. The standard InChI is InChI=1S/C15H16ClFN2S/c1-2-13(18)15(10-3-6-12(17)7-4-10)20-14-8-5-11(16)9-19-14/h3-9,13,15H,2,18H2,1H3. The maximum Gasteiger partial charge on any atom is 0.123 e. The topological polar surface area (TPSA) is 38.9 Å². The quantitative estimate of drug-likeness (QED) is 0.830. The van der Waals surface area contributed by atoms with Gasteiger partial charge in [-0.3, -0.25) is 0 Å². The molecule has 0 spiro atoms. The number of benzene rings is 1. The molecule has 0 saturated carbocycles. The van der Waals surface area contributed by atoms with Gasteiger partial charge in [-0.1, -0.05) is 42.4 Å². The molecule has 0 saturated heterocycles. The van der Waals surface area contributed by atoms with Crippen molar-refractivity contribution in [1.29, 1.82) is 0 Å². The molecule has 0 aliphatic heterocycles. The highest BCUT2D eigenvalue weighted by molar-refractivity contribution is 7.99. The Morgan fingerprint density at radius 2 is 1.95 bits per heavy atom. The molecule has 2 nitrogen and oxygen atoms in total. The van der Waals surface area contributed by atoms with Gasteiger partial charge < -0.3 is 5.73 Å². The van der Waals surface area contributed by atoms with E-state index in [0.29, 0.717) is 5.02 Å². The zero-order valence-corrected chi connectivity index (χ0v) is 12.7. The minimum atomic E-state index is -0.243. The van der Waals surface area contributed by atoms with E-state index in [9.17, 15) is 4.39 Å². The number of halogens is 2. The minimum Gasteiger partial charge on any atom is -0.326 e. The first kappa shape index (κ1) is 15.3. The summed E-state index contributed by atoms with van der Waals surface area (Å²) in [5.41, 5.74) is 7.20. The van der Waals surface area contributed by atoms with Gasteiger partial charge in [-0.2, -0.15) is 0 Å². The number of thioether (sulfide) groups is 1. The van der Waals surface area contributed by atoms with Crippen LogP contribution in [0.25, 0.3) is 0 Å². The molecular weight excluding hydrogens is 295 g/mol. The lowest BCUT2D eigenvalue weighted by Gasteiger charge is -2.22. The first-order valence-corrected chi connectivity index (χ1v) is 7.65. The molecule has 2 atom stereocenters. The minimum absolute atomic E-state index is 0.0251. The van der Waals surface area contributed by atoms with Gasteiger partial charge in [0.25, 0.3) is 0 Å². The molecule has 20 heavy (non-hydrogen) atoms. The molecule has 1 heterocycles. The molecule has 0 aliphatic rings. The van der Waals surface area contributed by atoms with Crippen LogP contribution in [0.1, 0.15) is 24.2 Å². The van der Waals surface area contributed by atoms with Gasteiger partial charge in [-0.05, 0) is 36.2 Å². The van der Waals surface area contributed by atoms with Crippen LogP contribution < -0.4 is 5.73 Å². The van der Waals surface area contributed by atoms with Gasteiger partial charge in [-0.15, -0.1) is 0 Å². The van der Waals surface area contributed by atoms with Gasteiger partial charge in [0.1, 0.15) is 5.82 Å². The number of aromatic nitrogens is 1. The Labute approximate surface area is 127 Å². The molecule has 0 bridgehead atoms. The molecule has 1 aromatic carbocycles. The molecule has 2 unspecified atom stereocenters. The summed E-state index contributed by atoms with van der Waals surface area (Å²) in [5.74, 6) is -0.243. The number of rotatable bonds is 5. The summed E-state index contributed by atoms with van der Waals surface area (Å²) in [6.07, 6.45) is 2.45. The molecule has 0 amide bonds. The van der Waals surface area contributed by atoms with Crippen LogP contribution in [0.2, 0.25) is 5.02 Å². The van der Waals surface area contributed by atoms with Gasteiger partial charge >= 0.3 is 0 Å². The van der Waals surface area contributed by atoms with E-state index in [0.717, 1.165) is 17.0 Å². The summed E-state index contributed by atoms with van der Waals surface area (Å²) in [4.78, 5) is 4.28. The molecule has 2 N–H and O–H groups in total. The molecule has 5 heteroatoms. The zero-order valence-electron chi connectivity index (χ0n) is 11.1. The Balaban J connectivity index is 2.23. The number of nitrogens with zero attached hydrogens (tertiary/aromatic N) is 1. The summed E-state index contributed by atoms with van der Waals surface area (Å²) in [6.45, 7) is 2.04. The van der Waals surface area contributed by atoms with Crippen LogP contribution in [-0.4, -0.2) is 11.0 Å². The highest BCUT2D eigenvalue weighted by Gasteiger charge is 2.20. The van der Waals surface area contributed by atoms with Gasteiger partial charge in [0.15, 0.2) is 0 Å². The lowest BCUT2D eigenvalue weighted by Crippen LogP contribution is -2.25. The molecule has 0 fully saturated rings. The van der Waals surface area contributed by atoms with Crippen LogP contribution in [0.3, 0.4) is 0 Å². The monoisotopic (exact) mass is 310 g/mol. The second-order valence-electron chi connectivity index (χ2n) is 4.48.